The quantitative estimate of drug-likeness (QED) is 0.542. The number of rotatable bonds is 5. The fourth-order valence-electron chi connectivity index (χ4n) is 4.25. The summed E-state index contributed by atoms with van der Waals surface area (Å²) in [5.74, 6) is 0.463. The molecule has 0 aliphatic heterocycles. The monoisotopic (exact) mass is 431 g/mol. The smallest absolute Gasteiger partial charge is 0.410 e. The minimum absolute atomic E-state index is 0.0157. The highest BCUT2D eigenvalue weighted by atomic mass is 16.6. The Morgan fingerprint density at radius 3 is 2.12 bits per heavy atom. The fourth-order valence-corrected chi connectivity index (χ4v) is 4.25. The standard InChI is InChI=1S/C27H29NO4/c1-27(2,3)28(16-18-13-14-24(29)25(15-18)31-4)26(30)32-17-23-21-11-7-5-9-19(21)20-10-6-8-12-22(20)23/h5-15,23,29H,16-17H2,1-4H3. The van der Waals surface area contributed by atoms with Crippen LogP contribution >= 0.6 is 0 Å². The third-order valence-corrected chi connectivity index (χ3v) is 5.95. The van der Waals surface area contributed by atoms with E-state index in [2.05, 4.69) is 24.3 Å². The Labute approximate surface area is 189 Å². The van der Waals surface area contributed by atoms with Crippen LogP contribution < -0.4 is 4.74 Å². The molecule has 0 radical (unpaired) electrons. The lowest BCUT2D eigenvalue weighted by molar-refractivity contribution is 0.0619. The predicted molar refractivity (Wildman–Crippen MR) is 125 cm³/mol. The highest BCUT2D eigenvalue weighted by Crippen LogP contribution is 2.44. The van der Waals surface area contributed by atoms with Gasteiger partial charge in [-0.05, 0) is 60.7 Å². The molecule has 5 heteroatoms. The second kappa shape index (κ2) is 8.58. The van der Waals surface area contributed by atoms with Gasteiger partial charge in [0.1, 0.15) is 6.61 Å². The minimum Gasteiger partial charge on any atom is -0.504 e. The van der Waals surface area contributed by atoms with Crippen molar-refractivity contribution in [3.8, 4) is 22.6 Å². The average Bonchev–Trinajstić information content (AvgIpc) is 3.10. The first-order valence-corrected chi connectivity index (χ1v) is 10.8. The zero-order chi connectivity index (χ0) is 22.9. The van der Waals surface area contributed by atoms with Crippen LogP contribution in [0.2, 0.25) is 0 Å². The van der Waals surface area contributed by atoms with Crippen molar-refractivity contribution in [3.63, 3.8) is 0 Å². The first-order valence-electron chi connectivity index (χ1n) is 10.8. The van der Waals surface area contributed by atoms with Crippen molar-refractivity contribution < 1.29 is 19.4 Å². The Bertz CT molecular complexity index is 1090. The number of methoxy groups -OCH3 is 1. The van der Waals surface area contributed by atoms with Gasteiger partial charge >= 0.3 is 6.09 Å². The molecule has 4 rings (SSSR count). The van der Waals surface area contributed by atoms with Gasteiger partial charge in [-0.15, -0.1) is 0 Å². The van der Waals surface area contributed by atoms with E-state index in [0.29, 0.717) is 12.3 Å². The lowest BCUT2D eigenvalue weighted by atomic mass is 9.98. The maximum absolute atomic E-state index is 13.2. The van der Waals surface area contributed by atoms with Gasteiger partial charge in [0.15, 0.2) is 11.5 Å². The van der Waals surface area contributed by atoms with Gasteiger partial charge in [0.2, 0.25) is 0 Å². The summed E-state index contributed by atoms with van der Waals surface area (Å²) in [5, 5.41) is 9.87. The van der Waals surface area contributed by atoms with Crippen molar-refractivity contribution in [3.05, 3.63) is 83.4 Å². The van der Waals surface area contributed by atoms with Crippen molar-refractivity contribution in [2.75, 3.05) is 13.7 Å². The Morgan fingerprint density at radius 2 is 1.56 bits per heavy atom. The number of nitrogens with zero attached hydrogens (tertiary/aromatic N) is 1. The number of carbonyl (C=O) groups is 1. The molecule has 3 aromatic carbocycles. The third-order valence-electron chi connectivity index (χ3n) is 5.95. The van der Waals surface area contributed by atoms with Gasteiger partial charge in [-0.2, -0.15) is 0 Å². The molecule has 3 aromatic rings. The number of ether oxygens (including phenoxy) is 2. The summed E-state index contributed by atoms with van der Waals surface area (Å²) in [6.07, 6.45) is -0.369. The van der Waals surface area contributed by atoms with Crippen molar-refractivity contribution >= 4 is 6.09 Å². The second-order valence-corrected chi connectivity index (χ2v) is 9.07. The van der Waals surface area contributed by atoms with E-state index in [4.69, 9.17) is 9.47 Å². The molecule has 32 heavy (non-hydrogen) atoms. The van der Waals surface area contributed by atoms with Crippen molar-refractivity contribution in [2.45, 2.75) is 38.8 Å². The van der Waals surface area contributed by atoms with Crippen LogP contribution in [0.4, 0.5) is 4.79 Å². The van der Waals surface area contributed by atoms with E-state index in [1.807, 2.05) is 45.0 Å². The van der Waals surface area contributed by atoms with E-state index in [9.17, 15) is 9.90 Å². The molecule has 1 N–H and O–H groups in total. The largest absolute Gasteiger partial charge is 0.504 e. The van der Waals surface area contributed by atoms with E-state index in [1.54, 1.807) is 23.1 Å². The molecular weight excluding hydrogens is 402 g/mol. The molecule has 1 aliphatic rings. The SMILES string of the molecule is COc1cc(CN(C(=O)OCC2c3ccccc3-c3ccccc32)C(C)(C)C)ccc1O. The van der Waals surface area contributed by atoms with Gasteiger partial charge in [-0.25, -0.2) is 4.79 Å². The predicted octanol–water partition coefficient (Wildman–Crippen LogP) is 5.95. The molecule has 0 fully saturated rings. The molecule has 0 unspecified atom stereocenters. The number of fused-ring (bicyclic) bond motifs is 3. The normalized spacial score (nSPS) is 12.8. The number of phenolic OH excluding ortho intramolecular Hbond substituents is 1. The second-order valence-electron chi connectivity index (χ2n) is 9.07. The van der Waals surface area contributed by atoms with E-state index >= 15 is 0 Å². The van der Waals surface area contributed by atoms with Crippen LogP contribution in [0.1, 0.15) is 43.4 Å². The molecule has 5 nitrogen and oxygen atoms in total. The summed E-state index contributed by atoms with van der Waals surface area (Å²) in [4.78, 5) is 14.9. The molecule has 0 spiro atoms. The molecule has 1 aliphatic carbocycles. The highest BCUT2D eigenvalue weighted by Gasteiger charge is 2.32. The molecule has 0 saturated carbocycles. The van der Waals surface area contributed by atoms with Gasteiger partial charge in [0.25, 0.3) is 0 Å². The number of amides is 1. The number of hydrogen-bond acceptors (Lipinski definition) is 4. The highest BCUT2D eigenvalue weighted by molar-refractivity contribution is 5.79. The van der Waals surface area contributed by atoms with Crippen LogP contribution in [0.15, 0.2) is 66.7 Å². The summed E-state index contributed by atoms with van der Waals surface area (Å²) in [6.45, 7) is 6.55. The van der Waals surface area contributed by atoms with Gasteiger partial charge in [0.05, 0.1) is 7.11 Å². The maximum atomic E-state index is 13.2. The fraction of sp³-hybridized carbons (Fsp3) is 0.296. The first-order chi connectivity index (χ1) is 15.3. The Morgan fingerprint density at radius 1 is 0.969 bits per heavy atom. The van der Waals surface area contributed by atoms with Crippen molar-refractivity contribution in [2.24, 2.45) is 0 Å². The summed E-state index contributed by atoms with van der Waals surface area (Å²) >= 11 is 0. The number of aromatic hydroxyl groups is 1. The van der Waals surface area contributed by atoms with Crippen LogP contribution in [-0.2, 0) is 11.3 Å². The Hall–Kier alpha value is -3.47. The van der Waals surface area contributed by atoms with E-state index in [0.717, 1.165) is 5.56 Å². The maximum Gasteiger partial charge on any atom is 0.410 e. The molecule has 0 bridgehead atoms. The minimum atomic E-state index is -0.451. The Kier molecular flexibility index (Phi) is 5.83. The Balaban J connectivity index is 1.54. The van der Waals surface area contributed by atoms with Crippen LogP contribution in [0.3, 0.4) is 0 Å². The number of benzene rings is 3. The zero-order valence-corrected chi connectivity index (χ0v) is 19.0. The number of hydrogen-bond donors (Lipinski definition) is 1. The van der Waals surface area contributed by atoms with Crippen LogP contribution in [-0.4, -0.2) is 35.4 Å². The van der Waals surface area contributed by atoms with E-state index in [1.165, 1.54) is 29.4 Å². The number of phenols is 1. The lowest BCUT2D eigenvalue weighted by Gasteiger charge is -2.35. The summed E-state index contributed by atoms with van der Waals surface area (Å²) < 4.78 is 11.1. The zero-order valence-electron chi connectivity index (χ0n) is 19.0. The summed E-state index contributed by atoms with van der Waals surface area (Å²) in [5.41, 5.74) is 5.18. The van der Waals surface area contributed by atoms with Crippen LogP contribution in [0.5, 0.6) is 11.5 Å². The van der Waals surface area contributed by atoms with Gasteiger partial charge in [-0.3, -0.25) is 4.90 Å². The van der Waals surface area contributed by atoms with E-state index in [-0.39, 0.29) is 24.4 Å². The number of carbonyl (C=O) groups excluding carboxylic acids is 1. The van der Waals surface area contributed by atoms with Crippen LogP contribution in [0.25, 0.3) is 11.1 Å². The molecule has 0 saturated heterocycles. The van der Waals surface area contributed by atoms with Crippen molar-refractivity contribution in [1.82, 2.24) is 4.90 Å². The van der Waals surface area contributed by atoms with Crippen LogP contribution in [0, 0.1) is 0 Å². The molecular formula is C27H29NO4. The van der Waals surface area contributed by atoms with Gasteiger partial charge < -0.3 is 14.6 Å². The first kappa shape index (κ1) is 21.8. The summed E-state index contributed by atoms with van der Waals surface area (Å²) in [7, 11) is 1.51. The van der Waals surface area contributed by atoms with Crippen molar-refractivity contribution in [1.29, 1.82) is 0 Å². The molecule has 166 valence electrons. The lowest BCUT2D eigenvalue weighted by Crippen LogP contribution is -2.45. The summed E-state index contributed by atoms with van der Waals surface area (Å²) in [6, 6.07) is 21.7. The van der Waals surface area contributed by atoms with Gasteiger partial charge in [0, 0.05) is 18.0 Å². The third kappa shape index (κ3) is 4.15. The average molecular weight is 432 g/mol. The topological polar surface area (TPSA) is 59.0 Å². The molecule has 0 aromatic heterocycles. The molecule has 0 atom stereocenters. The molecule has 1 amide bonds. The van der Waals surface area contributed by atoms with E-state index < -0.39 is 5.54 Å². The molecule has 0 heterocycles. The van der Waals surface area contributed by atoms with Gasteiger partial charge in [-0.1, -0.05) is 54.6 Å².